The number of nitrogens with zero attached hydrogens (tertiary/aromatic N) is 2. The number of nitrogens with two attached hydrogens (primary N) is 2. The Morgan fingerprint density at radius 1 is 1.43 bits per heavy atom. The van der Waals surface area contributed by atoms with Crippen LogP contribution < -0.4 is 16.2 Å². The van der Waals surface area contributed by atoms with E-state index in [1.54, 1.807) is 10.9 Å². The van der Waals surface area contributed by atoms with E-state index in [-0.39, 0.29) is 16.1 Å². The highest BCUT2D eigenvalue weighted by Gasteiger charge is 2.19. The van der Waals surface area contributed by atoms with Gasteiger partial charge in [0, 0.05) is 18.3 Å². The van der Waals surface area contributed by atoms with Gasteiger partial charge in [-0.05, 0) is 25.1 Å². The summed E-state index contributed by atoms with van der Waals surface area (Å²) in [7, 11) is -3.86. The topological polar surface area (TPSA) is 133 Å². The SMILES string of the molecule is CCn1cc(NS(=O)(=O)c2ccc(C(N)=O)cc2N)cn1. The molecule has 0 aliphatic carbocycles. The lowest BCUT2D eigenvalue weighted by Gasteiger charge is -2.09. The van der Waals surface area contributed by atoms with Crippen LogP contribution in [0.4, 0.5) is 11.4 Å². The monoisotopic (exact) mass is 309 g/mol. The number of benzene rings is 1. The number of rotatable bonds is 5. The number of hydrogen-bond acceptors (Lipinski definition) is 5. The molecule has 2 aromatic rings. The van der Waals surface area contributed by atoms with Crippen LogP contribution in [0.2, 0.25) is 0 Å². The van der Waals surface area contributed by atoms with E-state index in [0.717, 1.165) is 0 Å². The first-order valence-electron chi connectivity index (χ1n) is 6.08. The molecule has 0 saturated carbocycles. The molecule has 112 valence electrons. The Kier molecular flexibility index (Phi) is 3.85. The van der Waals surface area contributed by atoms with E-state index in [2.05, 4.69) is 9.82 Å². The van der Waals surface area contributed by atoms with Crippen molar-refractivity contribution in [1.29, 1.82) is 0 Å². The molecule has 0 fully saturated rings. The lowest BCUT2D eigenvalue weighted by molar-refractivity contribution is 0.1000. The Bertz CT molecular complexity index is 782. The molecule has 0 radical (unpaired) electrons. The van der Waals surface area contributed by atoms with Crippen LogP contribution in [0.5, 0.6) is 0 Å². The van der Waals surface area contributed by atoms with Gasteiger partial charge in [-0.15, -0.1) is 0 Å². The number of aryl methyl sites for hydroxylation is 1. The van der Waals surface area contributed by atoms with Crippen molar-refractivity contribution < 1.29 is 13.2 Å². The van der Waals surface area contributed by atoms with E-state index in [0.29, 0.717) is 12.2 Å². The van der Waals surface area contributed by atoms with E-state index in [1.165, 1.54) is 24.4 Å². The van der Waals surface area contributed by atoms with Crippen molar-refractivity contribution in [3.63, 3.8) is 0 Å². The second-order valence-corrected chi connectivity index (χ2v) is 5.96. The Morgan fingerprint density at radius 3 is 2.67 bits per heavy atom. The maximum atomic E-state index is 12.3. The standard InChI is InChI=1S/C12H15N5O3S/c1-2-17-7-9(6-15-17)16-21(19,20)11-4-3-8(12(14)18)5-10(11)13/h3-7,16H,2,13H2,1H3,(H2,14,18). The number of nitrogens with one attached hydrogen (secondary N) is 1. The Hall–Kier alpha value is -2.55. The summed E-state index contributed by atoms with van der Waals surface area (Å²) in [5.74, 6) is -0.678. The number of carbonyl (C=O) groups is 1. The molecule has 1 aromatic heterocycles. The molecule has 0 saturated heterocycles. The van der Waals surface area contributed by atoms with Crippen LogP contribution in [0, 0.1) is 0 Å². The van der Waals surface area contributed by atoms with Crippen molar-refractivity contribution in [2.45, 2.75) is 18.4 Å². The molecule has 1 aromatic carbocycles. The van der Waals surface area contributed by atoms with Crippen molar-refractivity contribution in [2.24, 2.45) is 5.73 Å². The molecule has 8 nitrogen and oxygen atoms in total. The van der Waals surface area contributed by atoms with Crippen molar-refractivity contribution in [1.82, 2.24) is 9.78 Å². The summed E-state index contributed by atoms with van der Waals surface area (Å²) >= 11 is 0. The smallest absolute Gasteiger partial charge is 0.264 e. The minimum Gasteiger partial charge on any atom is -0.398 e. The molecule has 21 heavy (non-hydrogen) atoms. The van der Waals surface area contributed by atoms with Crippen molar-refractivity contribution in [2.75, 3.05) is 10.5 Å². The fraction of sp³-hybridized carbons (Fsp3) is 0.167. The highest BCUT2D eigenvalue weighted by atomic mass is 32.2. The summed E-state index contributed by atoms with van der Waals surface area (Å²) in [6.07, 6.45) is 2.96. The predicted octanol–water partition coefficient (Wildman–Crippen LogP) is 0.385. The second-order valence-electron chi connectivity index (χ2n) is 4.31. The number of hydrogen-bond donors (Lipinski definition) is 3. The maximum absolute atomic E-state index is 12.3. The molecule has 1 heterocycles. The zero-order valence-electron chi connectivity index (χ0n) is 11.3. The average molecular weight is 309 g/mol. The molecule has 0 bridgehead atoms. The third-order valence-corrected chi connectivity index (χ3v) is 4.25. The molecule has 0 atom stereocenters. The number of amides is 1. The predicted molar refractivity (Wildman–Crippen MR) is 78.1 cm³/mol. The van der Waals surface area contributed by atoms with Crippen LogP contribution in [0.1, 0.15) is 17.3 Å². The summed E-state index contributed by atoms with van der Waals surface area (Å²) in [4.78, 5) is 10.9. The van der Waals surface area contributed by atoms with Crippen LogP contribution >= 0.6 is 0 Å². The number of aromatic nitrogens is 2. The van der Waals surface area contributed by atoms with E-state index < -0.39 is 15.9 Å². The normalized spacial score (nSPS) is 11.3. The zero-order chi connectivity index (χ0) is 15.6. The summed E-state index contributed by atoms with van der Waals surface area (Å²) in [5.41, 5.74) is 11.2. The number of nitrogen functional groups attached to an aromatic ring is 1. The number of primary amides is 1. The van der Waals surface area contributed by atoms with Crippen LogP contribution in [-0.4, -0.2) is 24.1 Å². The summed E-state index contributed by atoms with van der Waals surface area (Å²) < 4.78 is 28.5. The fourth-order valence-electron chi connectivity index (χ4n) is 1.75. The Morgan fingerprint density at radius 2 is 2.14 bits per heavy atom. The van der Waals surface area contributed by atoms with Gasteiger partial charge in [0.1, 0.15) is 4.90 Å². The van der Waals surface area contributed by atoms with Gasteiger partial charge in [-0.25, -0.2) is 8.42 Å². The van der Waals surface area contributed by atoms with Gasteiger partial charge >= 0.3 is 0 Å². The molecule has 0 spiro atoms. The summed E-state index contributed by atoms with van der Waals surface area (Å²) in [6.45, 7) is 2.50. The quantitative estimate of drug-likeness (QED) is 0.687. The second kappa shape index (κ2) is 5.44. The van der Waals surface area contributed by atoms with Crippen molar-refractivity contribution >= 4 is 27.3 Å². The number of sulfonamides is 1. The molecule has 0 aliphatic heterocycles. The molecular weight excluding hydrogens is 294 g/mol. The molecule has 5 N–H and O–H groups in total. The minimum atomic E-state index is -3.86. The lowest BCUT2D eigenvalue weighted by Crippen LogP contribution is -2.16. The third kappa shape index (κ3) is 3.14. The molecule has 1 amide bonds. The highest BCUT2D eigenvalue weighted by Crippen LogP contribution is 2.22. The number of anilines is 2. The van der Waals surface area contributed by atoms with E-state index in [4.69, 9.17) is 11.5 Å². The van der Waals surface area contributed by atoms with Gasteiger partial charge in [-0.1, -0.05) is 0 Å². The maximum Gasteiger partial charge on any atom is 0.264 e. The average Bonchev–Trinajstić information content (AvgIpc) is 2.85. The minimum absolute atomic E-state index is 0.0540. The van der Waals surface area contributed by atoms with Gasteiger partial charge in [0.05, 0.1) is 17.6 Å². The fourth-order valence-corrected chi connectivity index (χ4v) is 2.89. The van der Waals surface area contributed by atoms with Crippen LogP contribution in [0.15, 0.2) is 35.5 Å². The van der Waals surface area contributed by atoms with E-state index >= 15 is 0 Å². The Labute approximate surface area is 121 Å². The van der Waals surface area contributed by atoms with E-state index in [9.17, 15) is 13.2 Å². The lowest BCUT2D eigenvalue weighted by atomic mass is 10.2. The van der Waals surface area contributed by atoms with Gasteiger partial charge in [-0.3, -0.25) is 14.2 Å². The van der Waals surface area contributed by atoms with E-state index in [1.807, 2.05) is 6.92 Å². The van der Waals surface area contributed by atoms with Crippen LogP contribution in [0.3, 0.4) is 0 Å². The molecule has 0 aliphatic rings. The van der Waals surface area contributed by atoms with Crippen molar-refractivity contribution in [3.8, 4) is 0 Å². The first-order valence-corrected chi connectivity index (χ1v) is 7.56. The summed E-state index contributed by atoms with van der Waals surface area (Å²) in [5, 5.41) is 3.97. The molecular formula is C12H15N5O3S. The first kappa shape index (κ1) is 14.9. The van der Waals surface area contributed by atoms with Gasteiger partial charge in [0.15, 0.2) is 0 Å². The van der Waals surface area contributed by atoms with Crippen molar-refractivity contribution in [3.05, 3.63) is 36.2 Å². The largest absolute Gasteiger partial charge is 0.398 e. The third-order valence-electron chi connectivity index (χ3n) is 2.79. The molecule has 2 rings (SSSR count). The van der Waals surface area contributed by atoms with Gasteiger partial charge in [0.2, 0.25) is 5.91 Å². The first-order chi connectivity index (χ1) is 9.83. The Balaban J connectivity index is 2.33. The molecule has 0 unspecified atom stereocenters. The van der Waals surface area contributed by atoms with Gasteiger partial charge in [-0.2, -0.15) is 5.10 Å². The molecule has 9 heteroatoms. The van der Waals surface area contributed by atoms with Crippen LogP contribution in [0.25, 0.3) is 0 Å². The van der Waals surface area contributed by atoms with Gasteiger partial charge < -0.3 is 11.5 Å². The van der Waals surface area contributed by atoms with Crippen LogP contribution in [-0.2, 0) is 16.6 Å². The zero-order valence-corrected chi connectivity index (χ0v) is 12.1. The van der Waals surface area contributed by atoms with Gasteiger partial charge in [0.25, 0.3) is 10.0 Å². The number of carbonyl (C=O) groups excluding carboxylic acids is 1. The highest BCUT2D eigenvalue weighted by molar-refractivity contribution is 7.92. The summed E-state index contributed by atoms with van der Waals surface area (Å²) in [6, 6.07) is 3.77.